The SMILES string of the molecule is CCCCc1nc2ccccc2c(=O)n1CCN. The quantitative estimate of drug-likeness (QED) is 0.872. The van der Waals surface area contributed by atoms with Crippen LogP contribution in [0.25, 0.3) is 10.9 Å². The van der Waals surface area contributed by atoms with Crippen LogP contribution in [0.15, 0.2) is 29.1 Å². The molecule has 0 saturated heterocycles. The Kier molecular flexibility index (Phi) is 4.10. The second kappa shape index (κ2) is 5.78. The van der Waals surface area contributed by atoms with Crippen LogP contribution in [0.3, 0.4) is 0 Å². The van der Waals surface area contributed by atoms with Gasteiger partial charge in [-0.2, -0.15) is 0 Å². The van der Waals surface area contributed by atoms with Crippen molar-refractivity contribution in [1.82, 2.24) is 9.55 Å². The first-order chi connectivity index (χ1) is 8.77. The summed E-state index contributed by atoms with van der Waals surface area (Å²) >= 11 is 0. The third kappa shape index (κ3) is 2.43. The third-order valence-electron chi connectivity index (χ3n) is 3.05. The largest absolute Gasteiger partial charge is 0.329 e. The van der Waals surface area contributed by atoms with E-state index < -0.39 is 0 Å². The average molecular weight is 245 g/mol. The Balaban J connectivity index is 2.59. The predicted molar refractivity (Wildman–Crippen MR) is 73.7 cm³/mol. The van der Waals surface area contributed by atoms with Crippen LogP contribution in [-0.4, -0.2) is 16.1 Å². The highest BCUT2D eigenvalue weighted by molar-refractivity contribution is 5.77. The predicted octanol–water partition coefficient (Wildman–Crippen LogP) is 1.70. The molecule has 0 fully saturated rings. The number of nitrogens with zero attached hydrogens (tertiary/aromatic N) is 2. The zero-order chi connectivity index (χ0) is 13.0. The summed E-state index contributed by atoms with van der Waals surface area (Å²) in [5.74, 6) is 0.853. The summed E-state index contributed by atoms with van der Waals surface area (Å²) in [6.07, 6.45) is 2.96. The highest BCUT2D eigenvalue weighted by atomic mass is 16.1. The Bertz CT molecular complexity index is 589. The molecule has 0 aliphatic rings. The number of aromatic nitrogens is 2. The van der Waals surface area contributed by atoms with Gasteiger partial charge >= 0.3 is 0 Å². The van der Waals surface area contributed by atoms with Crippen LogP contribution in [0.2, 0.25) is 0 Å². The number of hydrogen-bond acceptors (Lipinski definition) is 3. The zero-order valence-electron chi connectivity index (χ0n) is 10.7. The van der Waals surface area contributed by atoms with E-state index in [1.54, 1.807) is 4.57 Å². The van der Waals surface area contributed by atoms with E-state index in [-0.39, 0.29) is 5.56 Å². The molecule has 0 aliphatic heterocycles. The van der Waals surface area contributed by atoms with Gasteiger partial charge in [-0.15, -0.1) is 0 Å². The van der Waals surface area contributed by atoms with Crippen LogP contribution in [0.5, 0.6) is 0 Å². The minimum Gasteiger partial charge on any atom is -0.329 e. The molecule has 2 N–H and O–H groups in total. The first kappa shape index (κ1) is 12.8. The highest BCUT2D eigenvalue weighted by Gasteiger charge is 2.09. The van der Waals surface area contributed by atoms with Crippen molar-refractivity contribution in [1.29, 1.82) is 0 Å². The lowest BCUT2D eigenvalue weighted by Crippen LogP contribution is -2.28. The number of unbranched alkanes of at least 4 members (excludes halogenated alkanes) is 1. The van der Waals surface area contributed by atoms with Gasteiger partial charge in [-0.05, 0) is 18.6 Å². The lowest BCUT2D eigenvalue weighted by molar-refractivity contribution is 0.607. The molecule has 1 heterocycles. The molecule has 0 atom stereocenters. The number of nitrogens with two attached hydrogens (primary N) is 1. The van der Waals surface area contributed by atoms with Crippen LogP contribution < -0.4 is 11.3 Å². The summed E-state index contributed by atoms with van der Waals surface area (Å²) in [6.45, 7) is 3.13. The van der Waals surface area contributed by atoms with Crippen molar-refractivity contribution >= 4 is 10.9 Å². The standard InChI is InChI=1S/C14H19N3O/c1-2-3-8-13-16-12-7-5-4-6-11(12)14(18)17(13)10-9-15/h4-7H,2-3,8-10,15H2,1H3. The van der Waals surface area contributed by atoms with E-state index >= 15 is 0 Å². The number of rotatable bonds is 5. The van der Waals surface area contributed by atoms with Gasteiger partial charge in [-0.3, -0.25) is 9.36 Å². The van der Waals surface area contributed by atoms with E-state index in [4.69, 9.17) is 5.73 Å². The molecule has 0 spiro atoms. The summed E-state index contributed by atoms with van der Waals surface area (Å²) in [7, 11) is 0. The minimum atomic E-state index is 0.0251. The molecular weight excluding hydrogens is 226 g/mol. The molecule has 96 valence electrons. The van der Waals surface area contributed by atoms with Gasteiger partial charge in [-0.25, -0.2) is 4.98 Å². The van der Waals surface area contributed by atoms with Crippen molar-refractivity contribution in [3.8, 4) is 0 Å². The monoisotopic (exact) mass is 245 g/mol. The summed E-state index contributed by atoms with van der Waals surface area (Å²) in [6, 6.07) is 7.48. The molecule has 18 heavy (non-hydrogen) atoms. The number of aryl methyl sites for hydroxylation is 1. The smallest absolute Gasteiger partial charge is 0.261 e. The van der Waals surface area contributed by atoms with Crippen molar-refractivity contribution in [3.63, 3.8) is 0 Å². The first-order valence-corrected chi connectivity index (χ1v) is 6.46. The van der Waals surface area contributed by atoms with E-state index in [0.717, 1.165) is 30.6 Å². The fourth-order valence-electron chi connectivity index (χ4n) is 2.10. The molecule has 0 bridgehead atoms. The Morgan fingerprint density at radius 1 is 1.33 bits per heavy atom. The topological polar surface area (TPSA) is 60.9 Å². The molecule has 1 aromatic carbocycles. The maximum Gasteiger partial charge on any atom is 0.261 e. The normalized spacial score (nSPS) is 11.0. The summed E-state index contributed by atoms with van der Waals surface area (Å²) in [5.41, 5.74) is 6.39. The van der Waals surface area contributed by atoms with Gasteiger partial charge in [0.05, 0.1) is 10.9 Å². The van der Waals surface area contributed by atoms with Crippen LogP contribution in [0.1, 0.15) is 25.6 Å². The Morgan fingerprint density at radius 3 is 2.83 bits per heavy atom. The Hall–Kier alpha value is -1.68. The zero-order valence-corrected chi connectivity index (χ0v) is 10.7. The van der Waals surface area contributed by atoms with Gasteiger partial charge in [0.2, 0.25) is 0 Å². The summed E-state index contributed by atoms with van der Waals surface area (Å²) in [5, 5.41) is 0.672. The van der Waals surface area contributed by atoms with Crippen LogP contribution >= 0.6 is 0 Å². The van der Waals surface area contributed by atoms with Crippen molar-refractivity contribution in [2.24, 2.45) is 5.73 Å². The third-order valence-corrected chi connectivity index (χ3v) is 3.05. The van der Waals surface area contributed by atoms with Crippen LogP contribution in [0.4, 0.5) is 0 Å². The molecular formula is C14H19N3O. The molecule has 0 unspecified atom stereocenters. The van der Waals surface area contributed by atoms with Gasteiger partial charge < -0.3 is 5.73 Å². The van der Waals surface area contributed by atoms with E-state index in [0.29, 0.717) is 18.5 Å². The average Bonchev–Trinajstić information content (AvgIpc) is 2.40. The van der Waals surface area contributed by atoms with Crippen molar-refractivity contribution in [2.45, 2.75) is 32.7 Å². The maximum atomic E-state index is 12.4. The lowest BCUT2D eigenvalue weighted by atomic mass is 10.2. The fraction of sp³-hybridized carbons (Fsp3) is 0.429. The van der Waals surface area contributed by atoms with Crippen molar-refractivity contribution < 1.29 is 0 Å². The van der Waals surface area contributed by atoms with Gasteiger partial charge in [0.1, 0.15) is 5.82 Å². The van der Waals surface area contributed by atoms with E-state index in [9.17, 15) is 4.79 Å². The lowest BCUT2D eigenvalue weighted by Gasteiger charge is -2.12. The minimum absolute atomic E-state index is 0.0251. The summed E-state index contributed by atoms with van der Waals surface area (Å²) < 4.78 is 1.72. The molecule has 2 aromatic rings. The number of para-hydroxylation sites is 1. The van der Waals surface area contributed by atoms with Gasteiger partial charge in [-0.1, -0.05) is 25.5 Å². The van der Waals surface area contributed by atoms with E-state index in [2.05, 4.69) is 11.9 Å². The van der Waals surface area contributed by atoms with E-state index in [1.807, 2.05) is 24.3 Å². The molecule has 1 aromatic heterocycles. The molecule has 4 heteroatoms. The molecule has 0 amide bonds. The number of benzene rings is 1. The molecule has 2 rings (SSSR count). The second-order valence-electron chi connectivity index (χ2n) is 4.39. The second-order valence-corrected chi connectivity index (χ2v) is 4.39. The van der Waals surface area contributed by atoms with Crippen LogP contribution in [0, 0.1) is 0 Å². The number of fused-ring (bicyclic) bond motifs is 1. The highest BCUT2D eigenvalue weighted by Crippen LogP contribution is 2.09. The van der Waals surface area contributed by atoms with Gasteiger partial charge in [0.25, 0.3) is 5.56 Å². The Labute approximate surface area is 106 Å². The first-order valence-electron chi connectivity index (χ1n) is 6.46. The van der Waals surface area contributed by atoms with Gasteiger partial charge in [0.15, 0.2) is 0 Å². The molecule has 0 aliphatic carbocycles. The van der Waals surface area contributed by atoms with Crippen molar-refractivity contribution in [2.75, 3.05) is 6.54 Å². The summed E-state index contributed by atoms with van der Waals surface area (Å²) in [4.78, 5) is 17.0. The molecule has 4 nitrogen and oxygen atoms in total. The number of hydrogen-bond donors (Lipinski definition) is 1. The molecule has 0 saturated carbocycles. The Morgan fingerprint density at radius 2 is 2.11 bits per heavy atom. The van der Waals surface area contributed by atoms with Crippen molar-refractivity contribution in [3.05, 3.63) is 40.4 Å². The van der Waals surface area contributed by atoms with Gasteiger partial charge in [0, 0.05) is 19.5 Å². The molecule has 0 radical (unpaired) electrons. The van der Waals surface area contributed by atoms with E-state index in [1.165, 1.54) is 0 Å². The maximum absolute atomic E-state index is 12.4. The fourth-order valence-corrected chi connectivity index (χ4v) is 2.10. The van der Waals surface area contributed by atoms with Crippen LogP contribution in [-0.2, 0) is 13.0 Å².